The average Bonchev–Trinajstić information content (AvgIpc) is 1.19. The molecule has 33 heteroatoms. The van der Waals surface area contributed by atoms with Crippen LogP contribution in [0.3, 0.4) is 0 Å². The highest BCUT2D eigenvalue weighted by Crippen LogP contribution is 2.45. The van der Waals surface area contributed by atoms with E-state index in [1.165, 1.54) is 0 Å². The third kappa shape index (κ3) is 16.7. The van der Waals surface area contributed by atoms with Crippen molar-refractivity contribution < 1.29 is 163 Å². The molecule has 0 radical (unpaired) electrons. The van der Waals surface area contributed by atoms with Gasteiger partial charge in [-0.15, -0.1) is 0 Å². The molecule has 4 aliphatic carbocycles. The van der Waals surface area contributed by atoms with Gasteiger partial charge in [0.25, 0.3) is 0 Å². The maximum Gasteiger partial charge on any atom is 0.317 e. The lowest BCUT2D eigenvalue weighted by Gasteiger charge is -2.50. The first-order valence-electron chi connectivity index (χ1n) is 30.8. The Morgan fingerprint density at radius 3 is 1.35 bits per heavy atom. The molecule has 9 fully saturated rings. The van der Waals surface area contributed by atoms with Gasteiger partial charge in [-0.3, -0.25) is 19.2 Å². The third-order valence-electron chi connectivity index (χ3n) is 19.2. The number of aliphatic carboxylic acids is 1. The van der Waals surface area contributed by atoms with E-state index < -0.39 is 258 Å². The Morgan fingerprint density at radius 1 is 0.416 bits per heavy atom. The van der Waals surface area contributed by atoms with Crippen molar-refractivity contribution in [2.75, 3.05) is 26.4 Å². The summed E-state index contributed by atoms with van der Waals surface area (Å²) in [4.78, 5) is 49.6. The van der Waals surface area contributed by atoms with E-state index in [1.54, 1.807) is 0 Å². The lowest BCUT2D eigenvalue weighted by Crippen LogP contribution is -2.64. The summed E-state index contributed by atoms with van der Waals surface area (Å²) in [5, 5.41) is 182. The smallest absolute Gasteiger partial charge is 0.317 e. The van der Waals surface area contributed by atoms with Crippen molar-refractivity contribution in [1.29, 1.82) is 0 Å². The normalized spacial score (nSPS) is 48.1. The van der Waals surface area contributed by atoms with E-state index >= 15 is 0 Å². The van der Waals surface area contributed by atoms with Gasteiger partial charge in [-0.05, 0) is 77.0 Å². The molecule has 510 valence electrons. The molecule has 0 aromatic rings. The lowest BCUT2D eigenvalue weighted by atomic mass is 9.72. The first kappa shape index (κ1) is 70.2. The highest BCUT2D eigenvalue weighted by atomic mass is 16.7. The molecule has 0 aromatic carbocycles. The van der Waals surface area contributed by atoms with Gasteiger partial charge in [-0.1, -0.05) is 0 Å². The van der Waals surface area contributed by atoms with Gasteiger partial charge in [-0.25, -0.2) is 0 Å². The highest BCUT2D eigenvalue weighted by Gasteiger charge is 2.58. The van der Waals surface area contributed by atoms with Crippen molar-refractivity contribution in [2.45, 2.75) is 274 Å². The summed E-state index contributed by atoms with van der Waals surface area (Å²) in [7, 11) is 0. The number of hydrogen-bond acceptors (Lipinski definition) is 31. The second-order valence-electron chi connectivity index (χ2n) is 25.3. The molecule has 9 aliphatic rings. The number of rotatable bonds is 20. The van der Waals surface area contributed by atoms with Crippen LogP contribution < -0.4 is 0 Å². The summed E-state index contributed by atoms with van der Waals surface area (Å²) < 4.78 is 69.0. The molecule has 5 aliphatic heterocycles. The van der Waals surface area contributed by atoms with Crippen LogP contribution in [0.1, 0.15) is 96.3 Å². The van der Waals surface area contributed by atoms with Gasteiger partial charge in [0.15, 0.2) is 37.4 Å². The molecule has 18 N–H and O–H groups in total. The predicted molar refractivity (Wildman–Crippen MR) is 285 cm³/mol. The quantitative estimate of drug-likeness (QED) is 0.0233. The fourth-order valence-electron chi connectivity index (χ4n) is 13.8. The second kappa shape index (κ2) is 31.0. The van der Waals surface area contributed by atoms with Crippen LogP contribution >= 0.6 is 0 Å². The molecule has 5 heterocycles. The predicted octanol–water partition coefficient (Wildman–Crippen LogP) is -7.80. The standard InChI is InChI=1S/C56H88O33/c57-16-32-38(64)42(68)46(72)53(86-32)81-24-8-3-21(4-9-24)52(77)80-19-35-41(67)45(71)48(74)55(89-35)84-30-11-22(5-10-27(30)59)50-31(85-56-49(75)44(70)39(65)33(88-56)17-78-37(63)15-36(61)62)14-26-28(60)12-25(13-29(26)83-50)82-54-47(73)43(69)40(66)34(87-54)18-79-51(76)20-1-6-23(58)7-2-20/h20-35,38-50,53-60,64-75H,1-19H2,(H,61,62)/p+1/t20?,21?,22?,23?,24?,25?,26?,27?,28?,29?,30?,31?,32-,33-,34-,35-,38-,39-,40-,41-,42+,43+,44+,45+,46-,47-,48-,49-,50?,53-,54-,55-,56-/m1/s1. The summed E-state index contributed by atoms with van der Waals surface area (Å²) in [6, 6.07) is 0. The number of hydrogen-bond donors (Lipinski definition) is 17. The van der Waals surface area contributed by atoms with Crippen LogP contribution in [0.4, 0.5) is 0 Å². The van der Waals surface area contributed by atoms with E-state index in [0.29, 0.717) is 25.7 Å². The number of esters is 3. The molecule has 0 spiro atoms. The molecule has 89 heavy (non-hydrogen) atoms. The molecule has 4 saturated carbocycles. The summed E-state index contributed by atoms with van der Waals surface area (Å²) in [5.41, 5.74) is 0. The number of ether oxygens (including phenoxy) is 12. The largest absolute Gasteiger partial charge is 0.481 e. The molecule has 0 amide bonds. The van der Waals surface area contributed by atoms with Gasteiger partial charge < -0.3 is 144 Å². The van der Waals surface area contributed by atoms with Gasteiger partial charge in [0.2, 0.25) is 0 Å². The monoisotopic (exact) mass is 1290 g/mol. The van der Waals surface area contributed by atoms with Crippen LogP contribution in [-0.4, -0.2) is 320 Å². The maximum atomic E-state index is 13.4. The minimum Gasteiger partial charge on any atom is -0.481 e. The van der Waals surface area contributed by atoms with Crippen LogP contribution in [0.5, 0.6) is 0 Å². The van der Waals surface area contributed by atoms with Crippen LogP contribution in [0.25, 0.3) is 0 Å². The number of aliphatic hydroxyl groups is 18. The summed E-state index contributed by atoms with van der Waals surface area (Å²) >= 11 is 0. The zero-order valence-electron chi connectivity index (χ0n) is 48.7. The summed E-state index contributed by atoms with van der Waals surface area (Å²) in [6.07, 6.45) is -40.6. The summed E-state index contributed by atoms with van der Waals surface area (Å²) in [6.45, 7) is -2.55. The Morgan fingerprint density at radius 2 is 0.854 bits per heavy atom. The summed E-state index contributed by atoms with van der Waals surface area (Å²) in [5.74, 6) is -6.53. The average molecular weight is 1290 g/mol. The Labute approximate surface area is 509 Å². The minimum absolute atomic E-state index is 0.0178. The van der Waals surface area contributed by atoms with Gasteiger partial charge >= 0.3 is 23.9 Å². The zero-order chi connectivity index (χ0) is 64.3. The van der Waals surface area contributed by atoms with Crippen molar-refractivity contribution in [2.24, 2.45) is 23.7 Å². The molecule has 29 atom stereocenters. The van der Waals surface area contributed by atoms with E-state index in [-0.39, 0.29) is 64.2 Å². The Balaban J connectivity index is 0.856. The van der Waals surface area contributed by atoms with E-state index in [2.05, 4.69) is 0 Å². The van der Waals surface area contributed by atoms with Gasteiger partial charge in [0, 0.05) is 18.8 Å². The minimum atomic E-state index is -1.96. The Bertz CT molecular complexity index is 2290. The fraction of sp³-hybridized carbons (Fsp3) is 0.929. The number of carbonyl (C=O) groups excluding carboxylic acids is 3. The topological polar surface area (TPSA) is 527 Å². The van der Waals surface area contributed by atoms with Crippen molar-refractivity contribution in [1.82, 2.24) is 0 Å². The van der Waals surface area contributed by atoms with Crippen molar-refractivity contribution in [3.8, 4) is 0 Å². The van der Waals surface area contributed by atoms with Crippen LogP contribution in [-0.2, 0) is 71.3 Å². The first-order chi connectivity index (χ1) is 42.3. The molecular formula is C56H89O33+. The van der Waals surface area contributed by atoms with Crippen molar-refractivity contribution >= 4 is 23.9 Å². The number of fused-ring (bicyclic) bond motifs is 1. The number of aliphatic hydroxyl groups excluding tert-OH is 16. The second-order valence-corrected chi connectivity index (χ2v) is 25.3. The van der Waals surface area contributed by atoms with Crippen LogP contribution in [0, 0.1) is 23.7 Å². The number of carboxylic acids is 1. The molecule has 0 aromatic heterocycles. The molecule has 9 rings (SSSR count). The van der Waals surface area contributed by atoms with Gasteiger partial charge in [0.1, 0.15) is 130 Å². The third-order valence-corrected chi connectivity index (χ3v) is 19.2. The van der Waals surface area contributed by atoms with Gasteiger partial charge in [-0.2, -0.15) is 0 Å². The highest BCUT2D eigenvalue weighted by molar-refractivity contribution is 5.90. The molecule has 9 unspecified atom stereocenters. The number of carbonyl (C=O) groups is 4. The van der Waals surface area contributed by atoms with E-state index in [1.807, 2.05) is 0 Å². The maximum absolute atomic E-state index is 13.4. The van der Waals surface area contributed by atoms with Crippen LogP contribution in [0.2, 0.25) is 0 Å². The van der Waals surface area contributed by atoms with E-state index in [4.69, 9.17) is 61.9 Å². The lowest BCUT2D eigenvalue weighted by molar-refractivity contribution is -0.364. The van der Waals surface area contributed by atoms with E-state index in [9.17, 15) is 101 Å². The molecule has 0 bridgehead atoms. The Hall–Kier alpha value is -3.12. The Kier molecular flexibility index (Phi) is 24.4. The van der Waals surface area contributed by atoms with Crippen molar-refractivity contribution in [3.63, 3.8) is 0 Å². The first-order valence-corrected chi connectivity index (χ1v) is 30.8. The van der Waals surface area contributed by atoms with Crippen LogP contribution in [0.15, 0.2) is 0 Å². The molecule has 5 saturated heterocycles. The van der Waals surface area contributed by atoms with E-state index in [0.717, 1.165) is 0 Å². The van der Waals surface area contributed by atoms with Crippen molar-refractivity contribution in [3.05, 3.63) is 0 Å². The molecular weight excluding hydrogens is 1200 g/mol. The SMILES string of the molecule is O=C(O)CC(=O)OC[C@H]1O[C@@H](OC2CC3C(O)CC(O[C@@H]4O[C@H](COC(=O)C5CCC(O)CC5)[C@@H](O)[C@H](O)[C@H]4O)CC3[OH+]C2C2CCC(O)C(O[C@@H]3O[C@H](COC(=O)C4CCC(O[C@@H]5O[C@H](CO)[C@@H](O)[C@H](O)[C@H]5O)CC4)[C@@H](O)[C@H](O)[C@H]3O)C2)[C@H](O)[C@@H](O)[C@@H]1O. The fourth-order valence-corrected chi connectivity index (χ4v) is 13.8. The van der Waals surface area contributed by atoms with Gasteiger partial charge in [0.05, 0.1) is 61.0 Å². The zero-order valence-corrected chi connectivity index (χ0v) is 48.7. The molecule has 33 nitrogen and oxygen atoms in total. The number of carboxylic acid groups (broad SMARTS) is 1.